The number of carbonyl (C=O) groups is 1. The normalized spacial score (nSPS) is 10.0. The largest absolute Gasteiger partial charge is 0.457 e. The average Bonchev–Trinajstić information content (AvgIpc) is 2.54. The van der Waals surface area contributed by atoms with Gasteiger partial charge in [0.2, 0.25) is 0 Å². The predicted octanol–water partition coefficient (Wildman–Crippen LogP) is 3.38. The maximum Gasteiger partial charge on any atom is 0.338 e. The second-order valence-electron chi connectivity index (χ2n) is 4.58. The lowest BCUT2D eigenvalue weighted by Crippen LogP contribution is -2.07. The number of nitro groups is 1. The number of rotatable bonds is 6. The summed E-state index contributed by atoms with van der Waals surface area (Å²) in [6, 6.07) is 13.5. The second kappa shape index (κ2) is 7.21. The molecule has 0 radical (unpaired) electrons. The van der Waals surface area contributed by atoms with E-state index in [-0.39, 0.29) is 17.9 Å². The first-order valence-corrected chi connectivity index (χ1v) is 6.85. The van der Waals surface area contributed by atoms with Crippen LogP contribution in [0.1, 0.15) is 22.8 Å². The van der Waals surface area contributed by atoms with E-state index in [0.717, 1.165) is 5.56 Å². The zero-order chi connectivity index (χ0) is 15.9. The summed E-state index contributed by atoms with van der Waals surface area (Å²) in [5.74, 6) is -0.588. The first kappa shape index (κ1) is 15.5. The Morgan fingerprint density at radius 2 is 1.95 bits per heavy atom. The maximum atomic E-state index is 12.0. The van der Waals surface area contributed by atoms with Gasteiger partial charge in [0.1, 0.15) is 12.3 Å². The molecule has 2 rings (SSSR count). The van der Waals surface area contributed by atoms with Crippen LogP contribution in [0.3, 0.4) is 0 Å². The van der Waals surface area contributed by atoms with E-state index in [1.165, 1.54) is 18.2 Å². The Kier molecular flexibility index (Phi) is 5.08. The summed E-state index contributed by atoms with van der Waals surface area (Å²) in [6.07, 6.45) is 0. The van der Waals surface area contributed by atoms with Crippen molar-refractivity contribution in [3.63, 3.8) is 0 Å². The van der Waals surface area contributed by atoms with Crippen LogP contribution in [0.5, 0.6) is 0 Å². The Morgan fingerprint density at radius 1 is 1.23 bits per heavy atom. The quantitative estimate of drug-likeness (QED) is 0.502. The minimum Gasteiger partial charge on any atom is -0.457 e. The van der Waals surface area contributed by atoms with Gasteiger partial charge in [-0.15, -0.1) is 0 Å². The van der Waals surface area contributed by atoms with Crippen LogP contribution in [-0.2, 0) is 11.3 Å². The lowest BCUT2D eigenvalue weighted by Gasteiger charge is -2.07. The maximum absolute atomic E-state index is 12.0. The van der Waals surface area contributed by atoms with Crippen molar-refractivity contribution in [2.24, 2.45) is 0 Å². The first-order valence-electron chi connectivity index (χ1n) is 6.85. The van der Waals surface area contributed by atoms with E-state index in [1.807, 2.05) is 37.3 Å². The third-order valence-corrected chi connectivity index (χ3v) is 3.01. The Bertz CT molecular complexity index is 671. The molecule has 0 spiro atoms. The highest BCUT2D eigenvalue weighted by atomic mass is 16.6. The standard InChI is InChI=1S/C16H16N2O4/c1-2-17-14-9-8-13(10-15(14)18(20)21)16(19)22-11-12-6-4-3-5-7-12/h3-10,17H,2,11H2,1H3. The van der Waals surface area contributed by atoms with Crippen LogP contribution in [-0.4, -0.2) is 17.4 Å². The number of ether oxygens (including phenoxy) is 1. The van der Waals surface area contributed by atoms with E-state index >= 15 is 0 Å². The highest BCUT2D eigenvalue weighted by Gasteiger charge is 2.18. The number of nitrogens with zero attached hydrogens (tertiary/aromatic N) is 1. The SMILES string of the molecule is CCNc1ccc(C(=O)OCc2ccccc2)cc1[N+](=O)[O-]. The molecule has 0 amide bonds. The Hall–Kier alpha value is -2.89. The van der Waals surface area contributed by atoms with Crippen molar-refractivity contribution >= 4 is 17.3 Å². The molecule has 0 saturated carbocycles. The molecule has 0 aliphatic carbocycles. The lowest BCUT2D eigenvalue weighted by molar-refractivity contribution is -0.384. The molecule has 0 bridgehead atoms. The molecule has 2 aromatic carbocycles. The molecule has 0 aliphatic heterocycles. The number of hydrogen-bond acceptors (Lipinski definition) is 5. The van der Waals surface area contributed by atoms with Gasteiger partial charge in [-0.1, -0.05) is 30.3 Å². The van der Waals surface area contributed by atoms with Gasteiger partial charge in [0.15, 0.2) is 0 Å². The van der Waals surface area contributed by atoms with E-state index in [9.17, 15) is 14.9 Å². The third kappa shape index (κ3) is 3.82. The summed E-state index contributed by atoms with van der Waals surface area (Å²) in [5.41, 5.74) is 1.25. The summed E-state index contributed by atoms with van der Waals surface area (Å²) in [4.78, 5) is 22.5. The molecule has 0 aromatic heterocycles. The summed E-state index contributed by atoms with van der Waals surface area (Å²) >= 11 is 0. The monoisotopic (exact) mass is 300 g/mol. The van der Waals surface area contributed by atoms with Crippen LogP contribution in [0.25, 0.3) is 0 Å². The first-order chi connectivity index (χ1) is 10.6. The number of nitrogens with one attached hydrogen (secondary N) is 1. The molecule has 0 unspecified atom stereocenters. The fourth-order valence-electron chi connectivity index (χ4n) is 1.96. The summed E-state index contributed by atoms with van der Waals surface area (Å²) in [7, 11) is 0. The third-order valence-electron chi connectivity index (χ3n) is 3.01. The highest BCUT2D eigenvalue weighted by Crippen LogP contribution is 2.25. The molecule has 22 heavy (non-hydrogen) atoms. The molecule has 0 aliphatic rings. The van der Waals surface area contributed by atoms with Crippen LogP contribution in [0.4, 0.5) is 11.4 Å². The lowest BCUT2D eigenvalue weighted by atomic mass is 10.1. The molecule has 6 nitrogen and oxygen atoms in total. The summed E-state index contributed by atoms with van der Waals surface area (Å²) < 4.78 is 5.17. The molecule has 6 heteroatoms. The van der Waals surface area contributed by atoms with E-state index in [2.05, 4.69) is 5.32 Å². The number of esters is 1. The van der Waals surface area contributed by atoms with Crippen molar-refractivity contribution in [1.82, 2.24) is 0 Å². The van der Waals surface area contributed by atoms with Gasteiger partial charge in [-0.05, 0) is 24.6 Å². The molecule has 114 valence electrons. The Labute approximate surface area is 127 Å². The molecule has 1 N–H and O–H groups in total. The number of hydrogen-bond donors (Lipinski definition) is 1. The molecule has 0 heterocycles. The van der Waals surface area contributed by atoms with E-state index < -0.39 is 10.9 Å². The summed E-state index contributed by atoms with van der Waals surface area (Å²) in [5, 5.41) is 14.0. The van der Waals surface area contributed by atoms with Gasteiger partial charge in [-0.3, -0.25) is 10.1 Å². The van der Waals surface area contributed by atoms with Gasteiger partial charge < -0.3 is 10.1 Å². The van der Waals surface area contributed by atoms with Crippen LogP contribution in [0.15, 0.2) is 48.5 Å². The molecule has 0 atom stereocenters. The van der Waals surface area contributed by atoms with Gasteiger partial charge in [-0.2, -0.15) is 0 Å². The molecule has 0 saturated heterocycles. The summed E-state index contributed by atoms with van der Waals surface area (Å²) in [6.45, 7) is 2.52. The topological polar surface area (TPSA) is 81.5 Å². The van der Waals surface area contributed by atoms with Crippen molar-refractivity contribution < 1.29 is 14.5 Å². The van der Waals surface area contributed by atoms with Crippen LogP contribution in [0.2, 0.25) is 0 Å². The van der Waals surface area contributed by atoms with Gasteiger partial charge in [0, 0.05) is 12.6 Å². The van der Waals surface area contributed by atoms with Crippen molar-refractivity contribution in [3.8, 4) is 0 Å². The van der Waals surface area contributed by atoms with Crippen LogP contribution in [0, 0.1) is 10.1 Å². The minimum atomic E-state index is -0.588. The smallest absolute Gasteiger partial charge is 0.338 e. The van der Waals surface area contributed by atoms with E-state index in [1.54, 1.807) is 0 Å². The Morgan fingerprint density at radius 3 is 2.59 bits per heavy atom. The van der Waals surface area contributed by atoms with Gasteiger partial charge in [-0.25, -0.2) is 4.79 Å². The molecule has 0 fully saturated rings. The highest BCUT2D eigenvalue weighted by molar-refractivity contribution is 5.91. The average molecular weight is 300 g/mol. The van der Waals surface area contributed by atoms with E-state index in [0.29, 0.717) is 12.2 Å². The fourth-order valence-corrected chi connectivity index (χ4v) is 1.96. The second-order valence-corrected chi connectivity index (χ2v) is 4.58. The molecular weight excluding hydrogens is 284 g/mol. The zero-order valence-electron chi connectivity index (χ0n) is 12.1. The van der Waals surface area contributed by atoms with Crippen molar-refractivity contribution in [3.05, 3.63) is 69.8 Å². The predicted molar refractivity (Wildman–Crippen MR) is 82.8 cm³/mol. The molecule has 2 aromatic rings. The number of anilines is 1. The van der Waals surface area contributed by atoms with Gasteiger partial charge in [0.25, 0.3) is 5.69 Å². The zero-order valence-corrected chi connectivity index (χ0v) is 12.1. The van der Waals surface area contributed by atoms with Crippen LogP contribution < -0.4 is 5.32 Å². The minimum absolute atomic E-state index is 0.127. The Balaban J connectivity index is 2.12. The van der Waals surface area contributed by atoms with Crippen molar-refractivity contribution in [1.29, 1.82) is 0 Å². The van der Waals surface area contributed by atoms with Gasteiger partial charge in [0.05, 0.1) is 10.5 Å². The number of nitro benzene ring substituents is 1. The van der Waals surface area contributed by atoms with E-state index in [4.69, 9.17) is 4.74 Å². The van der Waals surface area contributed by atoms with Crippen molar-refractivity contribution in [2.45, 2.75) is 13.5 Å². The fraction of sp³-hybridized carbons (Fsp3) is 0.188. The van der Waals surface area contributed by atoms with Crippen molar-refractivity contribution in [2.75, 3.05) is 11.9 Å². The number of benzene rings is 2. The van der Waals surface area contributed by atoms with Gasteiger partial charge >= 0.3 is 5.97 Å². The number of carbonyl (C=O) groups excluding carboxylic acids is 1. The molecular formula is C16H16N2O4. The van der Waals surface area contributed by atoms with Crippen LogP contribution >= 0.6 is 0 Å².